The molecule has 1 nitrogen and oxygen atoms in total. The molecule has 90 valence electrons. The Hall–Kier alpha value is 0.540. The maximum absolute atomic E-state index is 6.19. The number of alkyl halides is 2. The molecule has 0 aromatic carbocycles. The van der Waals surface area contributed by atoms with Gasteiger partial charge in [-0.1, -0.05) is 32.6 Å². The van der Waals surface area contributed by atoms with Crippen LogP contribution in [0.25, 0.3) is 0 Å². The van der Waals surface area contributed by atoms with E-state index in [0.29, 0.717) is 12.0 Å². The summed E-state index contributed by atoms with van der Waals surface area (Å²) in [5.41, 5.74) is 0. The van der Waals surface area contributed by atoms with Gasteiger partial charge in [0.25, 0.3) is 0 Å². The van der Waals surface area contributed by atoms with Crippen molar-refractivity contribution in [3.8, 4) is 0 Å². The molecule has 1 heterocycles. The second-order valence-electron chi connectivity index (χ2n) is 4.45. The lowest BCUT2D eigenvalue weighted by molar-refractivity contribution is -0.0406. The zero-order valence-corrected chi connectivity index (χ0v) is 11.1. The van der Waals surface area contributed by atoms with Gasteiger partial charge in [0.2, 0.25) is 0 Å². The van der Waals surface area contributed by atoms with Crippen molar-refractivity contribution in [2.75, 3.05) is 5.88 Å². The van der Waals surface area contributed by atoms with Crippen molar-refractivity contribution in [3.63, 3.8) is 0 Å². The van der Waals surface area contributed by atoms with Crippen LogP contribution in [0.5, 0.6) is 0 Å². The summed E-state index contributed by atoms with van der Waals surface area (Å²) in [5, 5.41) is 0.263. The van der Waals surface area contributed by atoms with Gasteiger partial charge in [0.15, 0.2) is 0 Å². The average molecular weight is 253 g/mol. The highest BCUT2D eigenvalue weighted by atomic mass is 35.5. The number of halogens is 2. The SMILES string of the molecule is CCCCCC[C@H]1C[C@@H](Cl)C[C@@H](CCl)O1. The molecule has 1 fully saturated rings. The van der Waals surface area contributed by atoms with Crippen molar-refractivity contribution in [2.24, 2.45) is 0 Å². The van der Waals surface area contributed by atoms with E-state index in [1.54, 1.807) is 0 Å². The second kappa shape index (κ2) is 7.76. The third kappa shape index (κ3) is 5.42. The van der Waals surface area contributed by atoms with Crippen molar-refractivity contribution >= 4 is 23.2 Å². The zero-order chi connectivity index (χ0) is 11.1. The summed E-state index contributed by atoms with van der Waals surface area (Å²) >= 11 is 12.0. The Morgan fingerprint density at radius 3 is 2.53 bits per heavy atom. The second-order valence-corrected chi connectivity index (χ2v) is 5.38. The first-order valence-corrected chi connectivity index (χ1v) is 7.08. The van der Waals surface area contributed by atoms with Crippen molar-refractivity contribution < 1.29 is 4.74 Å². The summed E-state index contributed by atoms with van der Waals surface area (Å²) < 4.78 is 5.87. The molecule has 0 spiro atoms. The fourth-order valence-electron chi connectivity index (χ4n) is 2.13. The number of unbranched alkanes of at least 4 members (excludes halogenated alkanes) is 3. The first kappa shape index (κ1) is 13.6. The first-order chi connectivity index (χ1) is 7.26. The molecule has 0 radical (unpaired) electrons. The van der Waals surface area contributed by atoms with E-state index in [-0.39, 0.29) is 11.5 Å². The minimum Gasteiger partial charge on any atom is -0.374 e. The van der Waals surface area contributed by atoms with Gasteiger partial charge >= 0.3 is 0 Å². The lowest BCUT2D eigenvalue weighted by Crippen LogP contribution is -2.34. The van der Waals surface area contributed by atoms with Crippen LogP contribution in [0.1, 0.15) is 51.9 Å². The van der Waals surface area contributed by atoms with Gasteiger partial charge in [0.1, 0.15) is 0 Å². The van der Waals surface area contributed by atoms with Crippen LogP contribution in [-0.4, -0.2) is 23.5 Å². The molecule has 0 unspecified atom stereocenters. The van der Waals surface area contributed by atoms with E-state index in [1.165, 1.54) is 25.7 Å². The Labute approximate surface area is 103 Å². The molecular weight excluding hydrogens is 231 g/mol. The highest BCUT2D eigenvalue weighted by Crippen LogP contribution is 2.27. The minimum absolute atomic E-state index is 0.180. The molecule has 0 aromatic heterocycles. The fourth-order valence-corrected chi connectivity index (χ4v) is 2.73. The van der Waals surface area contributed by atoms with E-state index in [9.17, 15) is 0 Å². The quantitative estimate of drug-likeness (QED) is 0.505. The summed E-state index contributed by atoms with van der Waals surface area (Å²) in [6, 6.07) is 0. The lowest BCUT2D eigenvalue weighted by atomic mass is 9.99. The molecule has 0 aliphatic carbocycles. The third-order valence-corrected chi connectivity index (χ3v) is 3.67. The monoisotopic (exact) mass is 252 g/mol. The molecule has 1 aliphatic rings. The van der Waals surface area contributed by atoms with E-state index in [2.05, 4.69) is 6.92 Å². The van der Waals surface area contributed by atoms with Crippen LogP contribution in [0, 0.1) is 0 Å². The smallest absolute Gasteiger partial charge is 0.0728 e. The van der Waals surface area contributed by atoms with Crippen LogP contribution in [0.3, 0.4) is 0 Å². The van der Waals surface area contributed by atoms with E-state index < -0.39 is 0 Å². The molecular formula is C12H22Cl2O. The predicted molar refractivity (Wildman–Crippen MR) is 67.0 cm³/mol. The van der Waals surface area contributed by atoms with Crippen molar-refractivity contribution in [1.82, 2.24) is 0 Å². The number of hydrogen-bond acceptors (Lipinski definition) is 1. The minimum atomic E-state index is 0.180. The van der Waals surface area contributed by atoms with Gasteiger partial charge in [0, 0.05) is 11.3 Å². The molecule has 0 amide bonds. The van der Waals surface area contributed by atoms with E-state index in [0.717, 1.165) is 19.3 Å². The van der Waals surface area contributed by atoms with Crippen LogP contribution in [0.2, 0.25) is 0 Å². The molecule has 1 rings (SSSR count). The molecule has 0 aromatic rings. The van der Waals surface area contributed by atoms with Crippen molar-refractivity contribution in [2.45, 2.75) is 69.5 Å². The van der Waals surface area contributed by atoms with Crippen molar-refractivity contribution in [1.29, 1.82) is 0 Å². The fraction of sp³-hybridized carbons (Fsp3) is 1.00. The summed E-state index contributed by atoms with van der Waals surface area (Å²) in [6.07, 6.45) is 8.78. The number of rotatable bonds is 6. The first-order valence-electron chi connectivity index (χ1n) is 6.11. The van der Waals surface area contributed by atoms with E-state index >= 15 is 0 Å². The van der Waals surface area contributed by atoms with Gasteiger partial charge in [-0.2, -0.15) is 0 Å². The van der Waals surface area contributed by atoms with Crippen molar-refractivity contribution in [3.05, 3.63) is 0 Å². The standard InChI is InChI=1S/C12H22Cl2O/c1-2-3-4-5-6-11-7-10(14)8-12(9-13)15-11/h10-12H,2-9H2,1H3/t10-,11+,12+/m1/s1. The van der Waals surface area contributed by atoms with E-state index in [1.807, 2.05) is 0 Å². The van der Waals surface area contributed by atoms with Gasteiger partial charge in [-0.25, -0.2) is 0 Å². The van der Waals surface area contributed by atoms with Crippen LogP contribution in [-0.2, 0) is 4.74 Å². The van der Waals surface area contributed by atoms with Crippen LogP contribution < -0.4 is 0 Å². The molecule has 0 N–H and O–H groups in total. The van der Waals surface area contributed by atoms with Crippen LogP contribution in [0.15, 0.2) is 0 Å². The summed E-state index contributed by atoms with van der Waals surface area (Å²) in [6.45, 7) is 2.23. The molecule has 0 bridgehead atoms. The van der Waals surface area contributed by atoms with Gasteiger partial charge in [0.05, 0.1) is 12.2 Å². The topological polar surface area (TPSA) is 9.23 Å². The maximum Gasteiger partial charge on any atom is 0.0728 e. The Bertz CT molecular complexity index is 164. The molecule has 1 aliphatic heterocycles. The number of hydrogen-bond donors (Lipinski definition) is 0. The van der Waals surface area contributed by atoms with Gasteiger partial charge in [-0.05, 0) is 19.3 Å². The Kier molecular flexibility index (Phi) is 7.03. The normalized spacial score (nSPS) is 31.8. The highest BCUT2D eigenvalue weighted by Gasteiger charge is 2.27. The third-order valence-electron chi connectivity index (χ3n) is 2.97. The Balaban J connectivity index is 2.16. The highest BCUT2D eigenvalue weighted by molar-refractivity contribution is 6.21. The Morgan fingerprint density at radius 2 is 1.87 bits per heavy atom. The molecule has 1 saturated heterocycles. The van der Waals surface area contributed by atoms with Crippen LogP contribution in [0.4, 0.5) is 0 Å². The van der Waals surface area contributed by atoms with E-state index in [4.69, 9.17) is 27.9 Å². The zero-order valence-electron chi connectivity index (χ0n) is 9.55. The molecule has 15 heavy (non-hydrogen) atoms. The lowest BCUT2D eigenvalue weighted by Gasteiger charge is -2.32. The maximum atomic E-state index is 6.19. The summed E-state index contributed by atoms with van der Waals surface area (Å²) in [4.78, 5) is 0. The molecule has 3 atom stereocenters. The summed E-state index contributed by atoms with van der Waals surface area (Å²) in [5.74, 6) is 0.578. The summed E-state index contributed by atoms with van der Waals surface area (Å²) in [7, 11) is 0. The number of ether oxygens (including phenoxy) is 1. The molecule has 3 heteroatoms. The average Bonchev–Trinajstić information content (AvgIpc) is 2.23. The predicted octanol–water partition coefficient (Wildman–Crippen LogP) is 4.35. The molecule has 0 saturated carbocycles. The van der Waals surface area contributed by atoms with Crippen LogP contribution >= 0.6 is 23.2 Å². The largest absolute Gasteiger partial charge is 0.374 e. The van der Waals surface area contributed by atoms with Gasteiger partial charge in [-0.15, -0.1) is 23.2 Å². The van der Waals surface area contributed by atoms with Gasteiger partial charge < -0.3 is 4.74 Å². The Morgan fingerprint density at radius 1 is 1.13 bits per heavy atom. The van der Waals surface area contributed by atoms with Gasteiger partial charge in [-0.3, -0.25) is 0 Å².